The first-order chi connectivity index (χ1) is 12.5. The van der Waals surface area contributed by atoms with Gasteiger partial charge in [0, 0.05) is 25.3 Å². The lowest BCUT2D eigenvalue weighted by atomic mass is 9.78. The van der Waals surface area contributed by atoms with E-state index in [1.165, 1.54) is 19.3 Å². The van der Waals surface area contributed by atoms with Gasteiger partial charge >= 0.3 is 0 Å². The molecule has 6 heteroatoms. The predicted octanol–water partition coefficient (Wildman–Crippen LogP) is 3.20. The Hall–Kier alpha value is -2.24. The molecule has 6 nitrogen and oxygen atoms in total. The molecule has 144 valence electrons. The first-order valence-electron chi connectivity index (χ1n) is 9.58. The highest BCUT2D eigenvalue weighted by Gasteiger charge is 2.31. The van der Waals surface area contributed by atoms with Crippen LogP contribution in [0.1, 0.15) is 46.5 Å². The van der Waals surface area contributed by atoms with Crippen molar-refractivity contribution in [3.8, 4) is 5.75 Å². The number of phenols is 1. The highest BCUT2D eigenvalue weighted by molar-refractivity contribution is 5.94. The number of carbonyl (C=O) groups is 1. The first-order valence-corrected chi connectivity index (χ1v) is 9.58. The van der Waals surface area contributed by atoms with E-state index in [2.05, 4.69) is 34.4 Å². The Labute approximate surface area is 156 Å². The summed E-state index contributed by atoms with van der Waals surface area (Å²) in [6.07, 6.45) is 4.80. The van der Waals surface area contributed by atoms with Gasteiger partial charge in [-0.25, -0.2) is 4.99 Å². The average Bonchev–Trinajstić information content (AvgIpc) is 2.60. The van der Waals surface area contributed by atoms with Crippen molar-refractivity contribution in [2.24, 2.45) is 10.4 Å². The number of carbonyl (C=O) groups excluding carboxylic acids is 1. The number of rotatable bonds is 6. The van der Waals surface area contributed by atoms with E-state index in [9.17, 15) is 9.90 Å². The van der Waals surface area contributed by atoms with Gasteiger partial charge in [-0.3, -0.25) is 4.79 Å². The molecule has 1 aromatic carbocycles. The molecule has 0 bridgehead atoms. The minimum absolute atomic E-state index is 0.0736. The maximum Gasteiger partial charge on any atom is 0.246 e. The van der Waals surface area contributed by atoms with Crippen LogP contribution in [0.4, 0.5) is 5.69 Å². The monoisotopic (exact) mass is 360 g/mol. The second-order valence-electron chi connectivity index (χ2n) is 7.35. The molecule has 1 atom stereocenters. The zero-order chi connectivity index (χ0) is 19.0. The summed E-state index contributed by atoms with van der Waals surface area (Å²) >= 11 is 0. The molecule has 1 aliphatic rings. The van der Waals surface area contributed by atoms with E-state index in [0.29, 0.717) is 11.1 Å². The summed E-state index contributed by atoms with van der Waals surface area (Å²) in [7, 11) is 0. The van der Waals surface area contributed by atoms with Crippen molar-refractivity contribution >= 4 is 17.6 Å². The molecular weight excluding hydrogens is 328 g/mol. The van der Waals surface area contributed by atoms with Crippen LogP contribution >= 0.6 is 0 Å². The summed E-state index contributed by atoms with van der Waals surface area (Å²) < 4.78 is 0. The molecule has 0 saturated carbocycles. The summed E-state index contributed by atoms with van der Waals surface area (Å²) in [6.45, 7) is 9.43. The fraction of sp³-hybridized carbons (Fsp3) is 0.600. The zero-order valence-electron chi connectivity index (χ0n) is 16.2. The third-order valence-electron chi connectivity index (χ3n) is 4.79. The molecule has 0 spiro atoms. The minimum atomic E-state index is -0.167. The van der Waals surface area contributed by atoms with Gasteiger partial charge in [0.2, 0.25) is 5.91 Å². The number of benzene rings is 1. The quantitative estimate of drug-likeness (QED) is 0.414. The van der Waals surface area contributed by atoms with Crippen LogP contribution in [0.3, 0.4) is 0 Å². The maximum atomic E-state index is 12.2. The van der Waals surface area contributed by atoms with E-state index in [1.54, 1.807) is 24.3 Å². The molecule has 3 N–H and O–H groups in total. The number of aliphatic imine (C=N–C) groups is 1. The summed E-state index contributed by atoms with van der Waals surface area (Å²) in [5.74, 6) is 0.825. The van der Waals surface area contributed by atoms with Gasteiger partial charge in [0.15, 0.2) is 5.96 Å². The molecule has 1 aromatic rings. The largest absolute Gasteiger partial charge is 0.508 e. The van der Waals surface area contributed by atoms with E-state index < -0.39 is 0 Å². The van der Waals surface area contributed by atoms with Crippen LogP contribution in [-0.4, -0.2) is 48.1 Å². The van der Waals surface area contributed by atoms with Crippen molar-refractivity contribution in [3.63, 3.8) is 0 Å². The number of amides is 1. The average molecular weight is 361 g/mol. The minimum Gasteiger partial charge on any atom is -0.508 e. The number of nitrogens with zero attached hydrogens (tertiary/aromatic N) is 2. The lowest BCUT2D eigenvalue weighted by Gasteiger charge is -2.42. The second kappa shape index (κ2) is 9.46. The zero-order valence-corrected chi connectivity index (χ0v) is 16.2. The molecule has 0 aliphatic carbocycles. The van der Waals surface area contributed by atoms with Crippen molar-refractivity contribution in [1.82, 2.24) is 10.2 Å². The molecule has 26 heavy (non-hydrogen) atoms. The van der Waals surface area contributed by atoms with Gasteiger partial charge < -0.3 is 20.6 Å². The number of anilines is 1. The van der Waals surface area contributed by atoms with Crippen molar-refractivity contribution in [2.75, 3.05) is 31.5 Å². The number of aromatic hydroxyl groups is 1. The normalized spacial score (nSPS) is 20.7. The van der Waals surface area contributed by atoms with Crippen LogP contribution in [-0.2, 0) is 4.79 Å². The Morgan fingerprint density at radius 3 is 2.69 bits per heavy atom. The molecule has 1 saturated heterocycles. The third kappa shape index (κ3) is 5.93. The van der Waals surface area contributed by atoms with Crippen LogP contribution in [0.5, 0.6) is 5.75 Å². The van der Waals surface area contributed by atoms with Crippen molar-refractivity contribution in [1.29, 1.82) is 0 Å². The fourth-order valence-electron chi connectivity index (χ4n) is 3.62. The Morgan fingerprint density at radius 1 is 1.31 bits per heavy atom. The lowest BCUT2D eigenvalue weighted by Crippen LogP contribution is -2.50. The van der Waals surface area contributed by atoms with Gasteiger partial charge in [-0.2, -0.15) is 0 Å². The molecule has 1 aliphatic heterocycles. The number of guanidine groups is 1. The van der Waals surface area contributed by atoms with E-state index in [-0.39, 0.29) is 18.2 Å². The topological polar surface area (TPSA) is 77.0 Å². The van der Waals surface area contributed by atoms with E-state index in [4.69, 9.17) is 0 Å². The van der Waals surface area contributed by atoms with Gasteiger partial charge in [0.25, 0.3) is 0 Å². The van der Waals surface area contributed by atoms with E-state index >= 15 is 0 Å². The summed E-state index contributed by atoms with van der Waals surface area (Å²) in [6, 6.07) is 6.43. The molecular formula is C20H32N4O2. The van der Waals surface area contributed by atoms with Crippen molar-refractivity contribution < 1.29 is 9.90 Å². The van der Waals surface area contributed by atoms with Crippen molar-refractivity contribution in [3.05, 3.63) is 24.3 Å². The predicted molar refractivity (Wildman–Crippen MR) is 107 cm³/mol. The number of hydrogen-bond acceptors (Lipinski definition) is 3. The number of likely N-dealkylation sites (tertiary alicyclic amines) is 1. The maximum absolute atomic E-state index is 12.2. The van der Waals surface area contributed by atoms with Gasteiger partial charge in [0.05, 0.1) is 0 Å². The molecule has 2 rings (SSSR count). The number of nitrogens with one attached hydrogen (secondary N) is 2. The SMILES string of the molecule is CCCC1(C)CCCN(C(=NCC(=O)Nc2ccc(O)cc2)NCC)C1. The third-order valence-corrected chi connectivity index (χ3v) is 4.79. The molecule has 1 amide bonds. The fourth-order valence-corrected chi connectivity index (χ4v) is 3.62. The van der Waals surface area contributed by atoms with Crippen molar-refractivity contribution in [2.45, 2.75) is 46.5 Å². The Kier molecular flexibility index (Phi) is 7.30. The van der Waals surface area contributed by atoms with Gasteiger partial charge in [-0.1, -0.05) is 20.3 Å². The molecule has 1 heterocycles. The Balaban J connectivity index is 1.98. The summed E-state index contributed by atoms with van der Waals surface area (Å²) in [5.41, 5.74) is 0.971. The van der Waals surface area contributed by atoms with E-state index in [0.717, 1.165) is 32.0 Å². The smallest absolute Gasteiger partial charge is 0.246 e. The van der Waals surface area contributed by atoms with Gasteiger partial charge in [0.1, 0.15) is 12.3 Å². The molecule has 1 unspecified atom stereocenters. The van der Waals surface area contributed by atoms with Crippen LogP contribution in [0.2, 0.25) is 0 Å². The highest BCUT2D eigenvalue weighted by Crippen LogP contribution is 2.33. The highest BCUT2D eigenvalue weighted by atomic mass is 16.3. The summed E-state index contributed by atoms with van der Waals surface area (Å²) in [4.78, 5) is 19.0. The number of phenolic OH excluding ortho intramolecular Hbond substituents is 1. The van der Waals surface area contributed by atoms with Gasteiger partial charge in [-0.05, 0) is 55.9 Å². The lowest BCUT2D eigenvalue weighted by molar-refractivity contribution is -0.114. The molecule has 0 radical (unpaired) electrons. The molecule has 1 fully saturated rings. The second-order valence-corrected chi connectivity index (χ2v) is 7.35. The van der Waals surface area contributed by atoms with Crippen LogP contribution in [0, 0.1) is 5.41 Å². The summed E-state index contributed by atoms with van der Waals surface area (Å²) in [5, 5.41) is 15.4. The van der Waals surface area contributed by atoms with Crippen LogP contribution < -0.4 is 10.6 Å². The standard InChI is InChI=1S/C20H32N4O2/c1-4-11-20(3)12-6-13-24(15-20)19(21-5-2)22-14-18(26)23-16-7-9-17(25)10-8-16/h7-10,25H,4-6,11-15H2,1-3H3,(H,21,22)(H,23,26). The molecule has 0 aromatic heterocycles. The Bertz CT molecular complexity index is 611. The van der Waals surface area contributed by atoms with Crippen LogP contribution in [0.25, 0.3) is 0 Å². The first kappa shape index (κ1) is 20.1. The number of hydrogen-bond donors (Lipinski definition) is 3. The van der Waals surface area contributed by atoms with E-state index in [1.807, 2.05) is 6.92 Å². The van der Waals surface area contributed by atoms with Gasteiger partial charge in [-0.15, -0.1) is 0 Å². The van der Waals surface area contributed by atoms with Crippen LogP contribution in [0.15, 0.2) is 29.3 Å². The number of piperidine rings is 1. The Morgan fingerprint density at radius 2 is 2.04 bits per heavy atom.